The molecular weight excluding hydrogens is 228 g/mol. The Morgan fingerprint density at radius 1 is 1.29 bits per heavy atom. The second-order valence-electron chi connectivity index (χ2n) is 4.60. The first kappa shape index (κ1) is 12.4. The fraction of sp³-hybridized carbons (Fsp3) is 0.429. The number of hydrogen-bond acceptors (Lipinski definition) is 2. The summed E-state index contributed by atoms with van der Waals surface area (Å²) in [6, 6.07) is 6.86. The van der Waals surface area contributed by atoms with Gasteiger partial charge in [0, 0.05) is 28.2 Å². The highest BCUT2D eigenvalue weighted by Gasteiger charge is 2.03. The fourth-order valence-corrected chi connectivity index (χ4v) is 2.93. The molecule has 0 saturated carbocycles. The molecule has 2 rings (SSSR count). The van der Waals surface area contributed by atoms with E-state index < -0.39 is 0 Å². The standard InChI is InChI=1S/C14H20N2S/c1-3-13-4-5-14(17-13)10-16-7-6-12(9-16)8-11(2)15/h4-7,9,11H,3,8,10,15H2,1-2H3. The first-order valence-electron chi connectivity index (χ1n) is 6.15. The summed E-state index contributed by atoms with van der Waals surface area (Å²) in [6.45, 7) is 5.22. The maximum Gasteiger partial charge on any atom is 0.0563 e. The molecule has 0 aliphatic carbocycles. The summed E-state index contributed by atoms with van der Waals surface area (Å²) < 4.78 is 2.24. The highest BCUT2D eigenvalue weighted by molar-refractivity contribution is 7.11. The minimum absolute atomic E-state index is 0.235. The van der Waals surface area contributed by atoms with Gasteiger partial charge in [0.05, 0.1) is 6.54 Å². The SMILES string of the molecule is CCc1ccc(Cn2ccc(CC(C)N)c2)s1. The molecule has 17 heavy (non-hydrogen) atoms. The smallest absolute Gasteiger partial charge is 0.0563 e. The topological polar surface area (TPSA) is 30.9 Å². The first-order chi connectivity index (χ1) is 8.17. The van der Waals surface area contributed by atoms with Crippen LogP contribution in [0.15, 0.2) is 30.6 Å². The predicted octanol–water partition coefficient (Wildman–Crippen LogP) is 3.05. The zero-order chi connectivity index (χ0) is 12.3. The molecule has 0 amide bonds. The highest BCUT2D eigenvalue weighted by atomic mass is 32.1. The van der Waals surface area contributed by atoms with Crippen molar-refractivity contribution in [3.05, 3.63) is 45.9 Å². The zero-order valence-corrected chi connectivity index (χ0v) is 11.3. The van der Waals surface area contributed by atoms with Gasteiger partial charge in [-0.1, -0.05) is 6.92 Å². The normalized spacial score (nSPS) is 12.9. The van der Waals surface area contributed by atoms with E-state index in [9.17, 15) is 0 Å². The molecule has 92 valence electrons. The third kappa shape index (κ3) is 3.45. The lowest BCUT2D eigenvalue weighted by molar-refractivity contribution is 0.732. The van der Waals surface area contributed by atoms with Crippen molar-refractivity contribution < 1.29 is 0 Å². The lowest BCUT2D eigenvalue weighted by Gasteiger charge is -2.02. The largest absolute Gasteiger partial charge is 0.349 e. The molecule has 0 radical (unpaired) electrons. The van der Waals surface area contributed by atoms with Crippen LogP contribution >= 0.6 is 11.3 Å². The van der Waals surface area contributed by atoms with Gasteiger partial charge >= 0.3 is 0 Å². The number of nitrogens with two attached hydrogens (primary N) is 1. The van der Waals surface area contributed by atoms with Gasteiger partial charge in [0.2, 0.25) is 0 Å². The molecule has 0 fully saturated rings. The summed E-state index contributed by atoms with van der Waals surface area (Å²) in [5, 5.41) is 0. The second kappa shape index (κ2) is 5.52. The number of aryl methyl sites for hydroxylation is 1. The maximum atomic E-state index is 5.80. The van der Waals surface area contributed by atoms with Gasteiger partial charge in [-0.15, -0.1) is 11.3 Å². The summed E-state index contributed by atoms with van der Waals surface area (Å²) in [6.07, 6.45) is 6.43. The Kier molecular flexibility index (Phi) is 4.02. The van der Waals surface area contributed by atoms with Gasteiger partial charge in [-0.2, -0.15) is 0 Å². The van der Waals surface area contributed by atoms with Crippen LogP contribution in [0.1, 0.15) is 29.2 Å². The van der Waals surface area contributed by atoms with Crippen LogP contribution in [0.5, 0.6) is 0 Å². The summed E-state index contributed by atoms with van der Waals surface area (Å²) in [5.41, 5.74) is 7.13. The third-order valence-electron chi connectivity index (χ3n) is 2.77. The van der Waals surface area contributed by atoms with Crippen molar-refractivity contribution in [3.8, 4) is 0 Å². The third-order valence-corrected chi connectivity index (χ3v) is 3.99. The monoisotopic (exact) mass is 248 g/mol. The minimum Gasteiger partial charge on any atom is -0.349 e. The lowest BCUT2D eigenvalue weighted by Crippen LogP contribution is -2.17. The molecule has 1 atom stereocenters. The Hall–Kier alpha value is -1.06. The molecule has 2 nitrogen and oxygen atoms in total. The summed E-state index contributed by atoms with van der Waals surface area (Å²) in [5.74, 6) is 0. The molecule has 0 spiro atoms. The van der Waals surface area contributed by atoms with Crippen molar-refractivity contribution in [2.24, 2.45) is 5.73 Å². The lowest BCUT2D eigenvalue weighted by atomic mass is 10.1. The summed E-state index contributed by atoms with van der Waals surface area (Å²) >= 11 is 1.91. The number of hydrogen-bond donors (Lipinski definition) is 1. The van der Waals surface area contributed by atoms with Crippen LogP contribution in [-0.4, -0.2) is 10.6 Å². The minimum atomic E-state index is 0.235. The van der Waals surface area contributed by atoms with Crippen LogP contribution in [0.3, 0.4) is 0 Å². The van der Waals surface area contributed by atoms with Gasteiger partial charge in [0.1, 0.15) is 0 Å². The van der Waals surface area contributed by atoms with E-state index in [0.29, 0.717) is 0 Å². The molecule has 0 aliphatic heterocycles. The molecule has 2 aromatic heterocycles. The van der Waals surface area contributed by atoms with E-state index in [2.05, 4.69) is 42.1 Å². The van der Waals surface area contributed by atoms with Gasteiger partial charge in [-0.05, 0) is 43.5 Å². The highest BCUT2D eigenvalue weighted by Crippen LogP contribution is 2.18. The van der Waals surface area contributed by atoms with Crippen molar-refractivity contribution in [2.75, 3.05) is 0 Å². The molecule has 3 heteroatoms. The van der Waals surface area contributed by atoms with E-state index in [4.69, 9.17) is 5.73 Å². The first-order valence-corrected chi connectivity index (χ1v) is 6.97. The van der Waals surface area contributed by atoms with Crippen LogP contribution in [0.25, 0.3) is 0 Å². The van der Waals surface area contributed by atoms with E-state index in [1.54, 1.807) is 0 Å². The van der Waals surface area contributed by atoms with Gasteiger partial charge < -0.3 is 10.3 Å². The Morgan fingerprint density at radius 3 is 2.71 bits per heavy atom. The van der Waals surface area contributed by atoms with Crippen LogP contribution in [-0.2, 0) is 19.4 Å². The van der Waals surface area contributed by atoms with Crippen molar-refractivity contribution in [1.82, 2.24) is 4.57 Å². The Labute approximate surface area is 107 Å². The van der Waals surface area contributed by atoms with Gasteiger partial charge in [-0.3, -0.25) is 0 Å². The number of aromatic nitrogens is 1. The Balaban J connectivity index is 2.01. The van der Waals surface area contributed by atoms with Crippen LogP contribution in [0.4, 0.5) is 0 Å². The van der Waals surface area contributed by atoms with Crippen molar-refractivity contribution in [3.63, 3.8) is 0 Å². The molecule has 0 aliphatic rings. The average Bonchev–Trinajstić information content (AvgIpc) is 2.88. The van der Waals surface area contributed by atoms with Crippen LogP contribution < -0.4 is 5.73 Å². The molecule has 2 aromatic rings. The van der Waals surface area contributed by atoms with Gasteiger partial charge in [0.25, 0.3) is 0 Å². The molecule has 0 saturated heterocycles. The quantitative estimate of drug-likeness (QED) is 0.866. The Bertz CT molecular complexity index is 468. The fourth-order valence-electron chi connectivity index (χ4n) is 1.96. The molecule has 2 N–H and O–H groups in total. The summed E-state index contributed by atoms with van der Waals surface area (Å²) in [7, 11) is 0. The van der Waals surface area contributed by atoms with Crippen molar-refractivity contribution in [2.45, 2.75) is 39.3 Å². The van der Waals surface area contributed by atoms with Crippen molar-refractivity contribution in [1.29, 1.82) is 0 Å². The molecular formula is C14H20N2S. The van der Waals surface area contributed by atoms with E-state index in [1.807, 2.05) is 18.3 Å². The maximum absolute atomic E-state index is 5.80. The van der Waals surface area contributed by atoms with E-state index >= 15 is 0 Å². The van der Waals surface area contributed by atoms with E-state index in [-0.39, 0.29) is 6.04 Å². The average molecular weight is 248 g/mol. The van der Waals surface area contributed by atoms with Crippen molar-refractivity contribution >= 4 is 11.3 Å². The van der Waals surface area contributed by atoms with E-state index in [0.717, 1.165) is 19.4 Å². The van der Waals surface area contributed by atoms with Crippen LogP contribution in [0.2, 0.25) is 0 Å². The van der Waals surface area contributed by atoms with Gasteiger partial charge in [-0.25, -0.2) is 0 Å². The number of thiophene rings is 1. The molecule has 2 heterocycles. The second-order valence-corrected chi connectivity index (χ2v) is 5.85. The number of nitrogens with zero attached hydrogens (tertiary/aromatic N) is 1. The summed E-state index contributed by atoms with van der Waals surface area (Å²) in [4.78, 5) is 2.88. The predicted molar refractivity (Wildman–Crippen MR) is 74.6 cm³/mol. The van der Waals surface area contributed by atoms with Crippen LogP contribution in [0, 0.1) is 0 Å². The number of rotatable bonds is 5. The molecule has 0 aromatic carbocycles. The zero-order valence-electron chi connectivity index (χ0n) is 10.5. The molecule has 1 unspecified atom stereocenters. The van der Waals surface area contributed by atoms with E-state index in [1.165, 1.54) is 15.3 Å². The molecule has 0 bridgehead atoms. The Morgan fingerprint density at radius 2 is 2.06 bits per heavy atom. The van der Waals surface area contributed by atoms with Gasteiger partial charge in [0.15, 0.2) is 0 Å².